The molecule has 2 atom stereocenters. The van der Waals surface area contributed by atoms with E-state index in [-0.39, 0.29) is 24.3 Å². The van der Waals surface area contributed by atoms with Crippen LogP contribution in [0, 0.1) is 0 Å². The minimum atomic E-state index is -0.657. The third-order valence-corrected chi connectivity index (χ3v) is 6.74. The van der Waals surface area contributed by atoms with Gasteiger partial charge in [-0.05, 0) is 48.2 Å². The number of carbonyl (C=O) groups excluding carboxylic acids is 2. The van der Waals surface area contributed by atoms with E-state index in [0.29, 0.717) is 18.0 Å². The molecule has 6 heteroatoms. The summed E-state index contributed by atoms with van der Waals surface area (Å²) in [6.07, 6.45) is 1.36. The van der Waals surface area contributed by atoms with Gasteiger partial charge < -0.3 is 10.2 Å². The topological polar surface area (TPSA) is 49.4 Å². The Morgan fingerprint density at radius 2 is 1.59 bits per heavy atom. The van der Waals surface area contributed by atoms with Crippen LogP contribution >= 0.6 is 27.5 Å². The van der Waals surface area contributed by atoms with Gasteiger partial charge in [0.2, 0.25) is 11.8 Å². The summed E-state index contributed by atoms with van der Waals surface area (Å²) in [5.74, 6) is -0.293. The van der Waals surface area contributed by atoms with Gasteiger partial charge in [0.25, 0.3) is 0 Å². The first-order valence-electron chi connectivity index (χ1n) is 11.5. The highest BCUT2D eigenvalue weighted by Crippen LogP contribution is 2.21. The second kappa shape index (κ2) is 12.7. The Labute approximate surface area is 215 Å². The number of halogens is 2. The molecule has 0 aromatic heterocycles. The van der Waals surface area contributed by atoms with Gasteiger partial charge in [-0.2, -0.15) is 0 Å². The van der Waals surface area contributed by atoms with E-state index in [4.69, 9.17) is 11.6 Å². The van der Waals surface area contributed by atoms with Gasteiger partial charge in [0, 0.05) is 28.5 Å². The zero-order valence-electron chi connectivity index (χ0n) is 19.5. The van der Waals surface area contributed by atoms with Crippen molar-refractivity contribution in [2.45, 2.75) is 51.7 Å². The van der Waals surface area contributed by atoms with Crippen LogP contribution in [0.1, 0.15) is 37.0 Å². The van der Waals surface area contributed by atoms with Crippen LogP contribution in [-0.2, 0) is 29.0 Å². The molecule has 1 N–H and O–H groups in total. The lowest BCUT2D eigenvalue weighted by molar-refractivity contribution is -0.141. The number of nitrogens with one attached hydrogen (secondary N) is 1. The largest absolute Gasteiger partial charge is 0.352 e. The Kier molecular flexibility index (Phi) is 9.73. The van der Waals surface area contributed by atoms with Crippen molar-refractivity contribution < 1.29 is 9.59 Å². The molecular formula is C28H30BrClN2O2. The summed E-state index contributed by atoms with van der Waals surface area (Å²) in [5, 5.41) is 3.63. The molecule has 0 saturated carbocycles. The minimum absolute atomic E-state index is 0.0129. The first kappa shape index (κ1) is 26.0. The highest BCUT2D eigenvalue weighted by Gasteiger charge is 2.31. The van der Waals surface area contributed by atoms with Gasteiger partial charge >= 0.3 is 0 Å². The van der Waals surface area contributed by atoms with Crippen molar-refractivity contribution in [3.05, 3.63) is 105 Å². The molecule has 3 rings (SSSR count). The van der Waals surface area contributed by atoms with Gasteiger partial charge in [-0.25, -0.2) is 0 Å². The highest BCUT2D eigenvalue weighted by atomic mass is 79.9. The zero-order valence-corrected chi connectivity index (χ0v) is 21.9. The molecule has 0 radical (unpaired) electrons. The van der Waals surface area contributed by atoms with Crippen LogP contribution in [0.3, 0.4) is 0 Å². The number of rotatable bonds is 10. The van der Waals surface area contributed by atoms with Gasteiger partial charge in [-0.1, -0.05) is 95.1 Å². The molecule has 0 fully saturated rings. The first-order valence-corrected chi connectivity index (χ1v) is 12.7. The lowest BCUT2D eigenvalue weighted by Crippen LogP contribution is -2.52. The van der Waals surface area contributed by atoms with Crippen LogP contribution in [-0.4, -0.2) is 28.8 Å². The van der Waals surface area contributed by atoms with Crippen LogP contribution in [0.4, 0.5) is 0 Å². The van der Waals surface area contributed by atoms with Crippen LogP contribution in [0.5, 0.6) is 0 Å². The van der Waals surface area contributed by atoms with Gasteiger partial charge in [-0.3, -0.25) is 9.59 Å². The maximum absolute atomic E-state index is 13.7. The summed E-state index contributed by atoms with van der Waals surface area (Å²) >= 11 is 9.82. The third-order valence-electron chi connectivity index (χ3n) is 5.84. The van der Waals surface area contributed by atoms with Crippen molar-refractivity contribution in [3.8, 4) is 0 Å². The number of hydrogen-bond donors (Lipinski definition) is 1. The maximum Gasteiger partial charge on any atom is 0.243 e. The fourth-order valence-electron chi connectivity index (χ4n) is 3.69. The molecule has 0 aliphatic rings. The first-order chi connectivity index (χ1) is 16.4. The Hall–Kier alpha value is -2.63. The van der Waals surface area contributed by atoms with E-state index in [2.05, 4.69) is 21.2 Å². The second-order valence-corrected chi connectivity index (χ2v) is 9.76. The van der Waals surface area contributed by atoms with Crippen LogP contribution < -0.4 is 5.32 Å². The molecule has 34 heavy (non-hydrogen) atoms. The average molecular weight is 542 g/mol. The van der Waals surface area contributed by atoms with Crippen LogP contribution in [0.15, 0.2) is 83.3 Å². The fourth-order valence-corrected chi connectivity index (χ4v) is 4.15. The molecule has 0 unspecified atom stereocenters. The van der Waals surface area contributed by atoms with Crippen molar-refractivity contribution in [1.29, 1.82) is 0 Å². The van der Waals surface area contributed by atoms with Crippen molar-refractivity contribution in [3.63, 3.8) is 0 Å². The van der Waals surface area contributed by atoms with E-state index in [1.54, 1.807) is 11.0 Å². The molecular weight excluding hydrogens is 512 g/mol. The summed E-state index contributed by atoms with van der Waals surface area (Å²) < 4.78 is 0.959. The van der Waals surface area contributed by atoms with E-state index in [1.807, 2.05) is 86.6 Å². The summed E-state index contributed by atoms with van der Waals surface area (Å²) in [7, 11) is 0. The maximum atomic E-state index is 13.7. The summed E-state index contributed by atoms with van der Waals surface area (Å²) in [4.78, 5) is 28.9. The number of nitrogens with zero attached hydrogens (tertiary/aromatic N) is 1. The molecule has 0 bridgehead atoms. The smallest absolute Gasteiger partial charge is 0.243 e. The van der Waals surface area contributed by atoms with E-state index in [9.17, 15) is 9.59 Å². The predicted molar refractivity (Wildman–Crippen MR) is 142 cm³/mol. The molecule has 3 aromatic rings. The lowest BCUT2D eigenvalue weighted by atomic mass is 10.0. The quantitative estimate of drug-likeness (QED) is 0.332. The third kappa shape index (κ3) is 7.44. The van der Waals surface area contributed by atoms with Gasteiger partial charge in [-0.15, -0.1) is 0 Å². The normalized spacial score (nSPS) is 12.6. The molecule has 0 heterocycles. The molecule has 0 aliphatic carbocycles. The molecule has 0 aliphatic heterocycles. The minimum Gasteiger partial charge on any atom is -0.352 e. The van der Waals surface area contributed by atoms with Crippen molar-refractivity contribution >= 4 is 39.3 Å². The zero-order chi connectivity index (χ0) is 24.5. The molecule has 4 nitrogen and oxygen atoms in total. The average Bonchev–Trinajstić information content (AvgIpc) is 2.84. The standard InChI is InChI=1S/C28H30BrClN2O2/c1-3-20(2)31-28(34)26(17-21-9-5-4-6-10-21)32(19-22-13-15-24(29)16-14-22)27(33)18-23-11-7-8-12-25(23)30/h4-16,20,26H,3,17-19H2,1-2H3,(H,31,34)/t20-,26+/m0/s1. The number of hydrogen-bond acceptors (Lipinski definition) is 2. The summed E-state index contributed by atoms with van der Waals surface area (Å²) in [5.41, 5.74) is 2.69. The van der Waals surface area contributed by atoms with E-state index < -0.39 is 6.04 Å². The van der Waals surface area contributed by atoms with E-state index in [0.717, 1.165) is 27.6 Å². The fraction of sp³-hybridized carbons (Fsp3) is 0.286. The Balaban J connectivity index is 1.97. The molecule has 0 spiro atoms. The summed E-state index contributed by atoms with van der Waals surface area (Å²) in [6.45, 7) is 4.32. The SMILES string of the molecule is CC[C@H](C)NC(=O)[C@@H](Cc1ccccc1)N(Cc1ccc(Br)cc1)C(=O)Cc1ccccc1Cl. The molecule has 0 saturated heterocycles. The van der Waals surface area contributed by atoms with Gasteiger partial charge in [0.15, 0.2) is 0 Å². The monoisotopic (exact) mass is 540 g/mol. The number of benzene rings is 3. The molecule has 178 valence electrons. The second-order valence-electron chi connectivity index (χ2n) is 8.44. The number of carbonyl (C=O) groups is 2. The molecule has 3 aromatic carbocycles. The van der Waals surface area contributed by atoms with Crippen LogP contribution in [0.25, 0.3) is 0 Å². The molecule has 2 amide bonds. The Bertz CT molecular complexity index is 1090. The van der Waals surface area contributed by atoms with Gasteiger partial charge in [0.05, 0.1) is 6.42 Å². The van der Waals surface area contributed by atoms with Crippen molar-refractivity contribution in [1.82, 2.24) is 10.2 Å². The van der Waals surface area contributed by atoms with Crippen LogP contribution in [0.2, 0.25) is 5.02 Å². The van der Waals surface area contributed by atoms with Crippen molar-refractivity contribution in [2.75, 3.05) is 0 Å². The van der Waals surface area contributed by atoms with E-state index >= 15 is 0 Å². The Morgan fingerprint density at radius 3 is 2.24 bits per heavy atom. The predicted octanol–water partition coefficient (Wildman–Crippen LogP) is 6.20. The Morgan fingerprint density at radius 1 is 0.941 bits per heavy atom. The van der Waals surface area contributed by atoms with Crippen molar-refractivity contribution in [2.24, 2.45) is 0 Å². The highest BCUT2D eigenvalue weighted by molar-refractivity contribution is 9.10. The lowest BCUT2D eigenvalue weighted by Gasteiger charge is -2.32. The summed E-state index contributed by atoms with van der Waals surface area (Å²) in [6, 6.07) is 24.3. The van der Waals surface area contributed by atoms with Gasteiger partial charge in [0.1, 0.15) is 6.04 Å². The number of amides is 2. The van der Waals surface area contributed by atoms with E-state index in [1.165, 1.54) is 0 Å².